The number of nitrogens with two attached hydrogens (primary N) is 1. The first-order chi connectivity index (χ1) is 13.7. The number of hydrogen-bond donors (Lipinski definition) is 2. The first-order valence-corrected chi connectivity index (χ1v) is 9.86. The molecular formula is C21H29N5O2. The van der Waals surface area contributed by atoms with Crippen LogP contribution in [0.1, 0.15) is 32.3 Å². The highest BCUT2D eigenvalue weighted by atomic mass is 16.5. The zero-order valence-corrected chi connectivity index (χ0v) is 16.6. The van der Waals surface area contributed by atoms with Crippen molar-refractivity contribution >= 4 is 17.5 Å². The van der Waals surface area contributed by atoms with Gasteiger partial charge in [-0.2, -0.15) is 0 Å². The number of nitrogens with one attached hydrogen (secondary N) is 1. The quantitative estimate of drug-likeness (QED) is 0.537. The molecule has 0 amide bonds. The summed E-state index contributed by atoms with van der Waals surface area (Å²) in [5.41, 5.74) is 7.94. The lowest BCUT2D eigenvalue weighted by Crippen LogP contribution is -2.23. The minimum absolute atomic E-state index is 0.328. The van der Waals surface area contributed by atoms with Gasteiger partial charge in [0.05, 0.1) is 25.4 Å². The minimum atomic E-state index is 0.328. The molecule has 2 aromatic rings. The maximum Gasteiger partial charge on any atom is 0.193 e. The van der Waals surface area contributed by atoms with Gasteiger partial charge in [-0.25, -0.2) is 9.98 Å². The molecule has 1 aromatic heterocycles. The second kappa shape index (κ2) is 9.82. The number of ether oxygens (including phenoxy) is 2. The Morgan fingerprint density at radius 1 is 1.14 bits per heavy atom. The van der Waals surface area contributed by atoms with E-state index < -0.39 is 0 Å². The van der Waals surface area contributed by atoms with E-state index in [0.29, 0.717) is 31.5 Å². The van der Waals surface area contributed by atoms with Gasteiger partial charge in [-0.05, 0) is 56.5 Å². The molecule has 1 aromatic carbocycles. The number of aliphatic imine (C=N–C) groups is 1. The van der Waals surface area contributed by atoms with Gasteiger partial charge in [-0.15, -0.1) is 0 Å². The lowest BCUT2D eigenvalue weighted by Gasteiger charge is -2.16. The van der Waals surface area contributed by atoms with Gasteiger partial charge >= 0.3 is 0 Å². The van der Waals surface area contributed by atoms with Crippen molar-refractivity contribution in [2.45, 2.75) is 33.2 Å². The molecule has 0 radical (unpaired) electrons. The number of rotatable bonds is 8. The Hall–Kier alpha value is -2.96. The monoisotopic (exact) mass is 383 g/mol. The molecule has 7 nitrogen and oxygen atoms in total. The van der Waals surface area contributed by atoms with Crippen LogP contribution >= 0.6 is 0 Å². The van der Waals surface area contributed by atoms with Crippen molar-refractivity contribution in [1.29, 1.82) is 0 Å². The zero-order valence-electron chi connectivity index (χ0n) is 16.6. The van der Waals surface area contributed by atoms with Gasteiger partial charge in [0.1, 0.15) is 17.3 Å². The largest absolute Gasteiger partial charge is 0.494 e. The van der Waals surface area contributed by atoms with Crippen LogP contribution in [0, 0.1) is 0 Å². The first-order valence-electron chi connectivity index (χ1n) is 9.86. The summed E-state index contributed by atoms with van der Waals surface area (Å²) in [6.45, 7) is 7.68. The zero-order chi connectivity index (χ0) is 19.8. The van der Waals surface area contributed by atoms with Crippen molar-refractivity contribution in [2.75, 3.05) is 36.5 Å². The van der Waals surface area contributed by atoms with Crippen molar-refractivity contribution in [3.8, 4) is 11.5 Å². The van der Waals surface area contributed by atoms with Gasteiger partial charge in [0.25, 0.3) is 0 Å². The van der Waals surface area contributed by atoms with Gasteiger partial charge < -0.3 is 25.4 Å². The molecule has 28 heavy (non-hydrogen) atoms. The predicted molar refractivity (Wildman–Crippen MR) is 113 cm³/mol. The molecule has 0 saturated carbocycles. The molecule has 0 atom stereocenters. The fourth-order valence-electron chi connectivity index (χ4n) is 3.18. The van der Waals surface area contributed by atoms with Gasteiger partial charge in [0.2, 0.25) is 0 Å². The molecular weight excluding hydrogens is 354 g/mol. The van der Waals surface area contributed by atoms with Crippen molar-refractivity contribution in [1.82, 2.24) is 4.98 Å². The minimum Gasteiger partial charge on any atom is -0.494 e. The lowest BCUT2D eigenvalue weighted by atomic mass is 10.2. The lowest BCUT2D eigenvalue weighted by molar-refractivity contribution is 0.332. The van der Waals surface area contributed by atoms with Gasteiger partial charge in [0, 0.05) is 25.4 Å². The van der Waals surface area contributed by atoms with Crippen LogP contribution in [0.4, 0.5) is 11.5 Å². The highest BCUT2D eigenvalue weighted by Gasteiger charge is 2.13. The summed E-state index contributed by atoms with van der Waals surface area (Å²) >= 11 is 0. The molecule has 3 rings (SSSR count). The summed E-state index contributed by atoms with van der Waals surface area (Å²) in [6, 6.07) is 9.68. The van der Waals surface area contributed by atoms with Crippen LogP contribution < -0.4 is 25.4 Å². The predicted octanol–water partition coefficient (Wildman–Crippen LogP) is 3.41. The third-order valence-corrected chi connectivity index (χ3v) is 4.50. The Balaban J connectivity index is 1.68. The van der Waals surface area contributed by atoms with Crippen LogP contribution in [-0.2, 0) is 6.54 Å². The van der Waals surface area contributed by atoms with Crippen molar-refractivity contribution in [2.24, 2.45) is 10.7 Å². The maximum atomic E-state index is 6.12. The maximum absolute atomic E-state index is 6.12. The molecule has 1 aliphatic heterocycles. The SMILES string of the molecule is CCOc1ccc(OCC)c(NC(N)=NCc2ccnc(N3CCCC3)c2)c1. The highest BCUT2D eigenvalue weighted by Crippen LogP contribution is 2.29. The summed E-state index contributed by atoms with van der Waals surface area (Å²) < 4.78 is 11.2. The van der Waals surface area contributed by atoms with Gasteiger partial charge in [0.15, 0.2) is 5.96 Å². The Bertz CT molecular complexity index is 803. The molecule has 0 spiro atoms. The average Bonchev–Trinajstić information content (AvgIpc) is 3.24. The van der Waals surface area contributed by atoms with Gasteiger partial charge in [-0.3, -0.25) is 0 Å². The fraction of sp³-hybridized carbons (Fsp3) is 0.429. The number of anilines is 2. The molecule has 1 saturated heterocycles. The van der Waals surface area contributed by atoms with Crippen LogP contribution in [0.3, 0.4) is 0 Å². The first kappa shape index (κ1) is 19.8. The average molecular weight is 383 g/mol. The van der Waals surface area contributed by atoms with E-state index in [1.165, 1.54) is 12.8 Å². The number of hydrogen-bond acceptors (Lipinski definition) is 5. The number of benzene rings is 1. The van der Waals surface area contributed by atoms with E-state index in [9.17, 15) is 0 Å². The molecule has 150 valence electrons. The van der Waals surface area contributed by atoms with Crippen molar-refractivity contribution in [3.63, 3.8) is 0 Å². The van der Waals surface area contributed by atoms with Crippen molar-refractivity contribution < 1.29 is 9.47 Å². The van der Waals surface area contributed by atoms with E-state index in [4.69, 9.17) is 15.2 Å². The number of pyridine rings is 1. The third-order valence-electron chi connectivity index (χ3n) is 4.50. The number of aromatic nitrogens is 1. The smallest absolute Gasteiger partial charge is 0.193 e. The van der Waals surface area contributed by atoms with Crippen molar-refractivity contribution in [3.05, 3.63) is 42.1 Å². The Labute approximate surface area is 166 Å². The molecule has 7 heteroatoms. The van der Waals surface area contributed by atoms with Crippen LogP contribution in [0.25, 0.3) is 0 Å². The molecule has 0 aliphatic carbocycles. The summed E-state index contributed by atoms with van der Waals surface area (Å²) in [5.74, 6) is 2.81. The van der Waals surface area contributed by atoms with E-state index in [1.54, 1.807) is 0 Å². The van der Waals surface area contributed by atoms with Crippen LogP contribution in [0.15, 0.2) is 41.5 Å². The fourth-order valence-corrected chi connectivity index (χ4v) is 3.18. The standard InChI is InChI=1S/C21H29N5O2/c1-3-27-17-7-8-19(28-4-2)18(14-17)25-21(22)24-15-16-9-10-23-20(13-16)26-11-5-6-12-26/h7-10,13-14H,3-6,11-12,15H2,1-2H3,(H3,22,24,25). The number of guanidine groups is 1. The van der Waals surface area contributed by atoms with Gasteiger partial charge in [-0.1, -0.05) is 0 Å². The van der Waals surface area contributed by atoms with Crippen LogP contribution in [0.2, 0.25) is 0 Å². The molecule has 2 heterocycles. The molecule has 3 N–H and O–H groups in total. The molecule has 1 fully saturated rings. The van der Waals surface area contributed by atoms with E-state index in [0.717, 1.165) is 35.9 Å². The highest BCUT2D eigenvalue weighted by molar-refractivity contribution is 5.94. The molecule has 1 aliphatic rings. The second-order valence-electron chi connectivity index (χ2n) is 6.57. The van der Waals surface area contributed by atoms with E-state index in [-0.39, 0.29) is 0 Å². The number of nitrogens with zero attached hydrogens (tertiary/aromatic N) is 3. The second-order valence-corrected chi connectivity index (χ2v) is 6.57. The Morgan fingerprint density at radius 2 is 1.93 bits per heavy atom. The van der Waals surface area contributed by atoms with Crippen LogP contribution in [-0.4, -0.2) is 37.2 Å². The van der Waals surface area contributed by atoms with E-state index in [1.807, 2.05) is 44.3 Å². The summed E-state index contributed by atoms with van der Waals surface area (Å²) in [5, 5.41) is 3.13. The molecule has 0 bridgehead atoms. The van der Waals surface area contributed by atoms with Crippen LogP contribution in [0.5, 0.6) is 11.5 Å². The topological polar surface area (TPSA) is 85.0 Å². The molecule has 0 unspecified atom stereocenters. The normalized spacial score (nSPS) is 14.2. The van der Waals surface area contributed by atoms with E-state index >= 15 is 0 Å². The summed E-state index contributed by atoms with van der Waals surface area (Å²) in [7, 11) is 0. The Kier molecular flexibility index (Phi) is 6.94. The Morgan fingerprint density at radius 3 is 2.68 bits per heavy atom. The summed E-state index contributed by atoms with van der Waals surface area (Å²) in [4.78, 5) is 11.3. The third kappa shape index (κ3) is 5.28. The summed E-state index contributed by atoms with van der Waals surface area (Å²) in [6.07, 6.45) is 4.29. The van der Waals surface area contributed by atoms with E-state index in [2.05, 4.69) is 26.3 Å².